The van der Waals surface area contributed by atoms with E-state index in [1.54, 1.807) is 6.92 Å². The second-order valence-corrected chi connectivity index (χ2v) is 4.67. The van der Waals surface area contributed by atoms with Gasteiger partial charge in [-0.3, -0.25) is 14.6 Å². The third-order valence-electron chi connectivity index (χ3n) is 2.81. The van der Waals surface area contributed by atoms with Crippen LogP contribution in [0.3, 0.4) is 0 Å². The summed E-state index contributed by atoms with van der Waals surface area (Å²) in [4.78, 5) is 27.8. The topological polar surface area (TPSA) is 72.2 Å². The highest BCUT2D eigenvalue weighted by atomic mass is 16.3. The van der Waals surface area contributed by atoms with Crippen molar-refractivity contribution < 1.29 is 9.21 Å². The van der Waals surface area contributed by atoms with Crippen molar-refractivity contribution in [1.29, 1.82) is 0 Å². The highest BCUT2D eigenvalue weighted by Gasteiger charge is 2.15. The molecule has 2 rings (SSSR count). The van der Waals surface area contributed by atoms with Crippen molar-refractivity contribution in [3.8, 4) is 0 Å². The maximum Gasteiger partial charge on any atom is 0.287 e. The smallest absolute Gasteiger partial charge is 0.287 e. The Labute approximate surface area is 116 Å². The molecule has 2 aromatic rings. The predicted octanol–water partition coefficient (Wildman–Crippen LogP) is 2.14. The average molecular weight is 272 g/mol. The minimum Gasteiger partial charge on any atom is -0.456 e. The molecule has 0 unspecified atom stereocenters. The van der Waals surface area contributed by atoms with E-state index in [9.17, 15) is 9.59 Å². The van der Waals surface area contributed by atoms with Crippen LogP contribution in [0.2, 0.25) is 0 Å². The molecule has 0 saturated heterocycles. The van der Waals surface area contributed by atoms with Gasteiger partial charge in [0.05, 0.1) is 11.7 Å². The molecule has 0 spiro atoms. The maximum atomic E-state index is 12.0. The normalized spacial score (nSPS) is 11.9. The first-order valence-corrected chi connectivity index (χ1v) is 6.32. The molecule has 5 nitrogen and oxygen atoms in total. The molecule has 20 heavy (non-hydrogen) atoms. The Balaban J connectivity index is 2.17. The zero-order valence-corrected chi connectivity index (χ0v) is 11.6. The fourth-order valence-corrected chi connectivity index (χ4v) is 1.86. The van der Waals surface area contributed by atoms with Gasteiger partial charge < -0.3 is 9.73 Å². The molecule has 0 aliphatic heterocycles. The van der Waals surface area contributed by atoms with E-state index >= 15 is 0 Å². The predicted molar refractivity (Wildman–Crippen MR) is 74.6 cm³/mol. The maximum absolute atomic E-state index is 12.0. The number of carbonyl (C=O) groups is 1. The standard InChI is InChI=1S/C15H16N2O3/c1-9-5-4-6-13(16-9)11(3)17-15(19)14-8-12(18)7-10(2)20-14/h4-8,11H,1-3H3,(H,17,19)/t11-/m1/s1. The zero-order valence-electron chi connectivity index (χ0n) is 11.6. The van der Waals surface area contributed by atoms with Crippen LogP contribution in [0.4, 0.5) is 0 Å². The van der Waals surface area contributed by atoms with E-state index in [0.717, 1.165) is 11.4 Å². The molecule has 1 amide bonds. The number of nitrogens with zero attached hydrogens (tertiary/aromatic N) is 1. The van der Waals surface area contributed by atoms with Gasteiger partial charge in [0.2, 0.25) is 0 Å². The minimum atomic E-state index is -0.429. The number of rotatable bonds is 3. The fraction of sp³-hybridized carbons (Fsp3) is 0.267. The lowest BCUT2D eigenvalue weighted by Crippen LogP contribution is -2.28. The summed E-state index contributed by atoms with van der Waals surface area (Å²) in [7, 11) is 0. The third kappa shape index (κ3) is 3.32. The number of pyridine rings is 1. The largest absolute Gasteiger partial charge is 0.456 e. The number of nitrogens with one attached hydrogen (secondary N) is 1. The molecular weight excluding hydrogens is 256 g/mol. The van der Waals surface area contributed by atoms with Gasteiger partial charge in [0.1, 0.15) is 5.76 Å². The number of hydrogen-bond acceptors (Lipinski definition) is 4. The van der Waals surface area contributed by atoms with Crippen molar-refractivity contribution >= 4 is 5.91 Å². The summed E-state index contributed by atoms with van der Waals surface area (Å²) in [6.07, 6.45) is 0. The molecule has 0 aliphatic rings. The van der Waals surface area contributed by atoms with E-state index in [-0.39, 0.29) is 17.2 Å². The molecular formula is C15H16N2O3. The van der Waals surface area contributed by atoms with E-state index in [4.69, 9.17) is 4.42 Å². The summed E-state index contributed by atoms with van der Waals surface area (Å²) in [6, 6.07) is 7.85. The van der Waals surface area contributed by atoms with Crippen LogP contribution in [0.15, 0.2) is 39.5 Å². The Morgan fingerprint density at radius 3 is 2.70 bits per heavy atom. The van der Waals surface area contributed by atoms with Crippen LogP contribution in [0.1, 0.15) is 40.7 Å². The molecule has 2 aromatic heterocycles. The van der Waals surface area contributed by atoms with Gasteiger partial charge >= 0.3 is 0 Å². The summed E-state index contributed by atoms with van der Waals surface area (Å²) in [5, 5.41) is 2.76. The Hall–Kier alpha value is -2.43. The van der Waals surface area contributed by atoms with Gasteiger partial charge in [-0.05, 0) is 32.9 Å². The zero-order chi connectivity index (χ0) is 14.7. The number of aromatic nitrogens is 1. The quantitative estimate of drug-likeness (QED) is 0.929. The van der Waals surface area contributed by atoms with Gasteiger partial charge in [0, 0.05) is 17.8 Å². The minimum absolute atomic E-state index is 0.00880. The van der Waals surface area contributed by atoms with Gasteiger partial charge in [-0.25, -0.2) is 0 Å². The summed E-state index contributed by atoms with van der Waals surface area (Å²) >= 11 is 0. The van der Waals surface area contributed by atoms with Gasteiger partial charge in [0.15, 0.2) is 11.2 Å². The van der Waals surface area contributed by atoms with Crippen LogP contribution >= 0.6 is 0 Å². The van der Waals surface area contributed by atoms with Crippen molar-refractivity contribution in [2.75, 3.05) is 0 Å². The molecule has 0 saturated carbocycles. The molecule has 1 N–H and O–H groups in total. The van der Waals surface area contributed by atoms with E-state index in [0.29, 0.717) is 5.76 Å². The van der Waals surface area contributed by atoms with Crippen LogP contribution < -0.4 is 10.7 Å². The lowest BCUT2D eigenvalue weighted by Gasteiger charge is -2.13. The Kier molecular flexibility index (Phi) is 3.98. The van der Waals surface area contributed by atoms with E-state index in [1.165, 1.54) is 12.1 Å². The number of hydrogen-bond donors (Lipinski definition) is 1. The molecule has 0 bridgehead atoms. The van der Waals surface area contributed by atoms with Crippen LogP contribution in [0.25, 0.3) is 0 Å². The second-order valence-electron chi connectivity index (χ2n) is 4.67. The monoisotopic (exact) mass is 272 g/mol. The van der Waals surface area contributed by atoms with Crippen LogP contribution in [-0.2, 0) is 0 Å². The van der Waals surface area contributed by atoms with Crippen molar-refractivity contribution in [3.63, 3.8) is 0 Å². The molecule has 1 atom stereocenters. The molecule has 0 aromatic carbocycles. The van der Waals surface area contributed by atoms with E-state index in [1.807, 2.05) is 32.0 Å². The second kappa shape index (κ2) is 5.69. The first-order chi connectivity index (χ1) is 9.45. The Bertz CT molecular complexity index is 692. The highest BCUT2D eigenvalue weighted by Crippen LogP contribution is 2.11. The summed E-state index contributed by atoms with van der Waals surface area (Å²) in [6.45, 7) is 5.34. The van der Waals surface area contributed by atoms with Gasteiger partial charge in [-0.2, -0.15) is 0 Å². The molecule has 0 aliphatic carbocycles. The first-order valence-electron chi connectivity index (χ1n) is 6.32. The fourth-order valence-electron chi connectivity index (χ4n) is 1.86. The lowest BCUT2D eigenvalue weighted by molar-refractivity contribution is 0.0907. The van der Waals surface area contributed by atoms with E-state index < -0.39 is 5.91 Å². The Morgan fingerprint density at radius 1 is 1.30 bits per heavy atom. The summed E-state index contributed by atoms with van der Waals surface area (Å²) < 4.78 is 5.25. The van der Waals surface area contributed by atoms with Gasteiger partial charge in [-0.1, -0.05) is 6.07 Å². The highest BCUT2D eigenvalue weighted by molar-refractivity contribution is 5.91. The number of amides is 1. The third-order valence-corrected chi connectivity index (χ3v) is 2.81. The van der Waals surface area contributed by atoms with Crippen molar-refractivity contribution in [2.45, 2.75) is 26.8 Å². The number of carbonyl (C=O) groups excluding carboxylic acids is 1. The molecule has 0 radical (unpaired) electrons. The van der Waals surface area contributed by atoms with Gasteiger partial charge in [-0.15, -0.1) is 0 Å². The van der Waals surface area contributed by atoms with Crippen molar-refractivity contribution in [2.24, 2.45) is 0 Å². The van der Waals surface area contributed by atoms with Crippen molar-refractivity contribution in [1.82, 2.24) is 10.3 Å². The van der Waals surface area contributed by atoms with Crippen LogP contribution in [-0.4, -0.2) is 10.9 Å². The van der Waals surface area contributed by atoms with Crippen LogP contribution in [0, 0.1) is 13.8 Å². The molecule has 2 heterocycles. The molecule has 0 fully saturated rings. The average Bonchev–Trinajstić information content (AvgIpc) is 2.37. The lowest BCUT2D eigenvalue weighted by atomic mass is 10.2. The van der Waals surface area contributed by atoms with Crippen LogP contribution in [0.5, 0.6) is 0 Å². The van der Waals surface area contributed by atoms with Crippen molar-refractivity contribution in [3.05, 3.63) is 63.5 Å². The van der Waals surface area contributed by atoms with E-state index in [2.05, 4.69) is 10.3 Å². The molecule has 5 heteroatoms. The first kappa shape index (κ1) is 14.0. The summed E-state index contributed by atoms with van der Waals surface area (Å²) in [5.41, 5.74) is 1.39. The Morgan fingerprint density at radius 2 is 2.05 bits per heavy atom. The molecule has 104 valence electrons. The SMILES string of the molecule is Cc1cccc([C@@H](C)NC(=O)c2cc(=O)cc(C)o2)n1. The number of aryl methyl sites for hydroxylation is 2. The summed E-state index contributed by atoms with van der Waals surface area (Å²) in [5.74, 6) is -0.0138. The van der Waals surface area contributed by atoms with Gasteiger partial charge in [0.25, 0.3) is 5.91 Å².